The van der Waals surface area contributed by atoms with Crippen molar-refractivity contribution in [3.8, 4) is 34.2 Å². The van der Waals surface area contributed by atoms with Gasteiger partial charge in [-0.2, -0.15) is 5.10 Å². The highest BCUT2D eigenvalue weighted by atomic mass is 31.1. The number of aliphatic hydroxyl groups is 1. The average molecular weight is 483 g/mol. The van der Waals surface area contributed by atoms with E-state index in [0.29, 0.717) is 11.4 Å². The van der Waals surface area contributed by atoms with E-state index < -0.39 is 26.5 Å². The Labute approximate surface area is 198 Å². The Morgan fingerprint density at radius 1 is 1.15 bits per heavy atom. The first-order chi connectivity index (χ1) is 16.3. The van der Waals surface area contributed by atoms with Gasteiger partial charge in [-0.05, 0) is 42.0 Å². The lowest BCUT2D eigenvalue weighted by molar-refractivity contribution is -0.138. The van der Waals surface area contributed by atoms with Gasteiger partial charge in [0, 0.05) is 17.2 Å². The van der Waals surface area contributed by atoms with Crippen LogP contribution < -0.4 is 0 Å². The summed E-state index contributed by atoms with van der Waals surface area (Å²) in [5, 5.41) is 23.1. The van der Waals surface area contributed by atoms with Crippen LogP contribution in [-0.4, -0.2) is 44.8 Å². The molecule has 0 aliphatic rings. The van der Waals surface area contributed by atoms with Gasteiger partial charge in [0.15, 0.2) is 6.61 Å². The Kier molecular flexibility index (Phi) is 8.67. The molecule has 3 aromatic rings. The van der Waals surface area contributed by atoms with Gasteiger partial charge in [-0.15, -0.1) is 4.52 Å². The zero-order chi connectivity index (χ0) is 24.7. The largest absolute Gasteiger partial charge is 0.511 e. The average Bonchev–Trinajstić information content (AvgIpc) is 3.17. The summed E-state index contributed by atoms with van der Waals surface area (Å²) in [7, 11) is -2.27. The van der Waals surface area contributed by atoms with Crippen LogP contribution in [0.3, 0.4) is 0 Å². The summed E-state index contributed by atoms with van der Waals surface area (Å²) < 4.78 is 32.5. The molecule has 1 unspecified atom stereocenters. The number of halogens is 1. The van der Waals surface area contributed by atoms with Crippen LogP contribution in [0.2, 0.25) is 0 Å². The van der Waals surface area contributed by atoms with Gasteiger partial charge < -0.3 is 10.2 Å². The standard InChI is InChI=1S/C25H24FN2O5P/c1-17(2)28-22(9-6-14-33-34(32)16-21(29)15-23(30)31)24(18-10-12-20(26)13-11-18)25(27-28)19-7-4-3-5-8-19/h3-5,7-8,10-13,17,21,29H,14-16H2,1-2H3/p+1/t21-/m0/s1. The number of nitrogens with zero attached hydrogens (tertiary/aromatic N) is 2. The summed E-state index contributed by atoms with van der Waals surface area (Å²) in [6, 6.07) is 15.7. The normalized spacial score (nSPS) is 12.2. The molecule has 0 fully saturated rings. The highest BCUT2D eigenvalue weighted by Gasteiger charge is 2.25. The Morgan fingerprint density at radius 3 is 2.44 bits per heavy atom. The van der Waals surface area contributed by atoms with Gasteiger partial charge in [0.1, 0.15) is 23.3 Å². The van der Waals surface area contributed by atoms with E-state index in [9.17, 15) is 18.9 Å². The molecule has 9 heteroatoms. The molecule has 1 aromatic heterocycles. The molecule has 1 heterocycles. The molecule has 0 spiro atoms. The second-order valence-electron chi connectivity index (χ2n) is 7.83. The van der Waals surface area contributed by atoms with Crippen LogP contribution in [0, 0.1) is 17.7 Å². The molecule has 7 nitrogen and oxygen atoms in total. The van der Waals surface area contributed by atoms with Crippen LogP contribution in [0.1, 0.15) is 32.0 Å². The smallest absolute Gasteiger partial charge is 0.481 e. The van der Waals surface area contributed by atoms with E-state index in [0.717, 1.165) is 16.7 Å². The molecule has 34 heavy (non-hydrogen) atoms. The summed E-state index contributed by atoms with van der Waals surface area (Å²) >= 11 is 0. The number of carboxylic acid groups (broad SMARTS) is 1. The summed E-state index contributed by atoms with van der Waals surface area (Å²) in [5.41, 5.74) is 3.68. The van der Waals surface area contributed by atoms with Crippen molar-refractivity contribution < 1.29 is 28.5 Å². The second kappa shape index (κ2) is 11.7. The van der Waals surface area contributed by atoms with E-state index in [-0.39, 0.29) is 24.6 Å². The van der Waals surface area contributed by atoms with Crippen molar-refractivity contribution in [2.75, 3.05) is 12.8 Å². The van der Waals surface area contributed by atoms with Gasteiger partial charge in [0.25, 0.3) is 0 Å². The molecule has 3 rings (SSSR count). The number of rotatable bonds is 9. The number of carboxylic acids is 1. The molecule has 2 atom stereocenters. The summed E-state index contributed by atoms with van der Waals surface area (Å²) in [6.45, 7) is 3.76. The number of benzene rings is 2. The van der Waals surface area contributed by atoms with Crippen LogP contribution in [0.25, 0.3) is 22.4 Å². The first kappa shape index (κ1) is 25.3. The lowest BCUT2D eigenvalue weighted by atomic mass is 9.99. The molecule has 2 aromatic carbocycles. The Balaban J connectivity index is 1.94. The van der Waals surface area contributed by atoms with Crippen molar-refractivity contribution in [3.63, 3.8) is 0 Å². The first-order valence-electron chi connectivity index (χ1n) is 10.7. The van der Waals surface area contributed by atoms with Gasteiger partial charge in [-0.1, -0.05) is 48.4 Å². The minimum Gasteiger partial charge on any atom is -0.481 e. The van der Waals surface area contributed by atoms with E-state index in [2.05, 4.69) is 11.8 Å². The maximum atomic E-state index is 13.6. The molecule has 176 valence electrons. The fourth-order valence-electron chi connectivity index (χ4n) is 3.33. The maximum Gasteiger partial charge on any atom is 0.511 e. The third kappa shape index (κ3) is 6.58. The molecule has 0 bridgehead atoms. The molecule has 0 saturated heterocycles. The predicted molar refractivity (Wildman–Crippen MR) is 127 cm³/mol. The maximum absolute atomic E-state index is 13.6. The minimum atomic E-state index is -2.27. The fraction of sp³-hybridized carbons (Fsp3) is 0.280. The number of hydrogen-bond donors (Lipinski definition) is 2. The Bertz CT molecular complexity index is 1210. The molecule has 0 amide bonds. The summed E-state index contributed by atoms with van der Waals surface area (Å²) in [6.07, 6.45) is -2.05. The lowest BCUT2D eigenvalue weighted by Crippen LogP contribution is -2.15. The van der Waals surface area contributed by atoms with Gasteiger partial charge in [-0.25, -0.2) is 4.39 Å². The third-order valence-corrected chi connectivity index (χ3v) is 5.97. The van der Waals surface area contributed by atoms with Crippen molar-refractivity contribution in [2.24, 2.45) is 0 Å². The predicted octanol–water partition coefficient (Wildman–Crippen LogP) is 4.88. The van der Waals surface area contributed by atoms with Crippen molar-refractivity contribution in [1.29, 1.82) is 0 Å². The Hall–Kier alpha value is -3.37. The summed E-state index contributed by atoms with van der Waals surface area (Å²) in [4.78, 5) is 10.6. The van der Waals surface area contributed by atoms with Crippen molar-refractivity contribution in [1.82, 2.24) is 9.78 Å². The van der Waals surface area contributed by atoms with Gasteiger partial charge in [0.05, 0.1) is 6.42 Å². The topological polar surface area (TPSA) is 102 Å². The molecule has 2 N–H and O–H groups in total. The molecular formula is C25H25FN2O5P+. The second-order valence-corrected chi connectivity index (χ2v) is 9.11. The number of aliphatic carboxylic acids is 1. The molecule has 0 aliphatic heterocycles. The number of aromatic nitrogens is 2. The lowest BCUT2D eigenvalue weighted by Gasteiger charge is -2.08. The van der Waals surface area contributed by atoms with E-state index in [1.54, 1.807) is 16.8 Å². The zero-order valence-electron chi connectivity index (χ0n) is 18.8. The van der Waals surface area contributed by atoms with E-state index >= 15 is 0 Å². The molecular weight excluding hydrogens is 458 g/mol. The van der Waals surface area contributed by atoms with E-state index in [1.807, 2.05) is 44.2 Å². The number of aliphatic hydroxyl groups excluding tert-OH is 1. The highest BCUT2D eigenvalue weighted by molar-refractivity contribution is 7.39. The minimum absolute atomic E-state index is 0.0234. The van der Waals surface area contributed by atoms with Crippen LogP contribution in [0.5, 0.6) is 0 Å². The van der Waals surface area contributed by atoms with Gasteiger partial charge in [-0.3, -0.25) is 9.48 Å². The van der Waals surface area contributed by atoms with E-state index in [1.165, 1.54) is 12.1 Å². The number of hydrogen-bond acceptors (Lipinski definition) is 5. The van der Waals surface area contributed by atoms with Crippen molar-refractivity contribution in [2.45, 2.75) is 32.4 Å². The first-order valence-corrected chi connectivity index (χ1v) is 12.0. The SMILES string of the molecule is CC(C)n1nc(-c2ccccc2)c(-c2ccc(F)cc2)c1C#CCO[P+](=O)C[C@@H](O)CC(=O)O. The monoisotopic (exact) mass is 483 g/mol. The van der Waals surface area contributed by atoms with Crippen LogP contribution in [0.4, 0.5) is 4.39 Å². The summed E-state index contributed by atoms with van der Waals surface area (Å²) in [5.74, 6) is 4.36. The van der Waals surface area contributed by atoms with Crippen molar-refractivity contribution in [3.05, 3.63) is 66.1 Å². The third-order valence-electron chi connectivity index (χ3n) is 4.84. The Morgan fingerprint density at radius 2 is 1.82 bits per heavy atom. The zero-order valence-corrected chi connectivity index (χ0v) is 19.7. The van der Waals surface area contributed by atoms with Gasteiger partial charge >= 0.3 is 14.0 Å². The van der Waals surface area contributed by atoms with Crippen LogP contribution in [-0.2, 0) is 13.9 Å². The van der Waals surface area contributed by atoms with Gasteiger partial charge in [0.2, 0.25) is 6.16 Å². The van der Waals surface area contributed by atoms with Crippen molar-refractivity contribution >= 4 is 14.0 Å². The molecule has 0 saturated carbocycles. The highest BCUT2D eigenvalue weighted by Crippen LogP contribution is 2.35. The van der Waals surface area contributed by atoms with E-state index in [4.69, 9.17) is 14.7 Å². The molecule has 0 radical (unpaired) electrons. The number of carbonyl (C=O) groups is 1. The van der Waals surface area contributed by atoms with Crippen LogP contribution >= 0.6 is 8.03 Å². The fourth-order valence-corrected chi connectivity index (χ4v) is 4.12. The van der Waals surface area contributed by atoms with Crippen LogP contribution in [0.15, 0.2) is 54.6 Å². The quantitative estimate of drug-likeness (QED) is 0.332. The molecule has 0 aliphatic carbocycles.